The number of carbonyl (C=O) groups is 1. The predicted molar refractivity (Wildman–Crippen MR) is 79.4 cm³/mol. The number of carboxylic acid groups (broad SMARTS) is 1. The lowest BCUT2D eigenvalue weighted by molar-refractivity contribution is 0.0683. The van der Waals surface area contributed by atoms with Crippen molar-refractivity contribution in [3.63, 3.8) is 0 Å². The van der Waals surface area contributed by atoms with E-state index >= 15 is 0 Å². The molecule has 0 aliphatic rings. The fraction of sp³-hybridized carbons (Fsp3) is 0.357. The van der Waals surface area contributed by atoms with Crippen molar-refractivity contribution in [2.45, 2.75) is 20.8 Å². The first-order chi connectivity index (χ1) is 9.97. The van der Waals surface area contributed by atoms with Gasteiger partial charge < -0.3 is 10.0 Å². The van der Waals surface area contributed by atoms with Crippen molar-refractivity contribution >= 4 is 11.7 Å². The SMILES string of the molecule is CCN(CC)c1ccc(-n2nc(C(=O)O)[nH]c2=O)c(C)c1. The van der Waals surface area contributed by atoms with Crippen molar-refractivity contribution in [2.24, 2.45) is 0 Å². The Labute approximate surface area is 121 Å². The number of rotatable bonds is 5. The number of aromatic amines is 1. The maximum absolute atomic E-state index is 11.8. The van der Waals surface area contributed by atoms with Crippen LogP contribution in [0.1, 0.15) is 30.0 Å². The van der Waals surface area contributed by atoms with Crippen molar-refractivity contribution in [1.29, 1.82) is 0 Å². The van der Waals surface area contributed by atoms with Crippen molar-refractivity contribution in [1.82, 2.24) is 14.8 Å². The number of aryl methyl sites for hydroxylation is 1. The van der Waals surface area contributed by atoms with Gasteiger partial charge in [0.1, 0.15) is 0 Å². The molecular weight excluding hydrogens is 272 g/mol. The zero-order chi connectivity index (χ0) is 15.6. The van der Waals surface area contributed by atoms with Crippen LogP contribution in [-0.4, -0.2) is 38.9 Å². The van der Waals surface area contributed by atoms with Crippen molar-refractivity contribution in [3.05, 3.63) is 40.1 Å². The molecule has 2 N–H and O–H groups in total. The molecule has 0 aliphatic carbocycles. The first kappa shape index (κ1) is 14.8. The Morgan fingerprint density at radius 1 is 1.38 bits per heavy atom. The van der Waals surface area contributed by atoms with Gasteiger partial charge in [-0.05, 0) is 44.5 Å². The van der Waals surface area contributed by atoms with E-state index in [9.17, 15) is 9.59 Å². The fourth-order valence-corrected chi connectivity index (χ4v) is 2.25. The summed E-state index contributed by atoms with van der Waals surface area (Å²) in [6.45, 7) is 7.79. The third-order valence-corrected chi connectivity index (χ3v) is 3.36. The molecule has 1 aromatic carbocycles. The van der Waals surface area contributed by atoms with Gasteiger partial charge in [-0.15, -0.1) is 5.10 Å². The molecule has 21 heavy (non-hydrogen) atoms. The number of carboxylic acids is 1. The minimum atomic E-state index is -1.26. The minimum Gasteiger partial charge on any atom is -0.475 e. The van der Waals surface area contributed by atoms with Crippen molar-refractivity contribution in [3.8, 4) is 5.69 Å². The van der Waals surface area contributed by atoms with E-state index in [0.717, 1.165) is 29.0 Å². The summed E-state index contributed by atoms with van der Waals surface area (Å²) in [5.41, 5.74) is 1.92. The first-order valence-electron chi connectivity index (χ1n) is 6.76. The molecule has 112 valence electrons. The molecule has 0 atom stereocenters. The average Bonchev–Trinajstić information content (AvgIpc) is 2.83. The summed E-state index contributed by atoms with van der Waals surface area (Å²) >= 11 is 0. The monoisotopic (exact) mass is 290 g/mol. The maximum atomic E-state index is 11.8. The summed E-state index contributed by atoms with van der Waals surface area (Å²) < 4.78 is 1.07. The van der Waals surface area contributed by atoms with Gasteiger partial charge in [-0.3, -0.25) is 4.98 Å². The van der Waals surface area contributed by atoms with Crippen LogP contribution in [0, 0.1) is 6.92 Å². The van der Waals surface area contributed by atoms with Gasteiger partial charge in [-0.1, -0.05) is 0 Å². The molecule has 0 spiro atoms. The summed E-state index contributed by atoms with van der Waals surface area (Å²) in [5.74, 6) is -1.63. The molecule has 0 radical (unpaired) electrons. The number of anilines is 1. The van der Waals surface area contributed by atoms with E-state index in [2.05, 4.69) is 28.8 Å². The first-order valence-corrected chi connectivity index (χ1v) is 6.76. The molecule has 7 heteroatoms. The number of hydrogen-bond donors (Lipinski definition) is 2. The molecule has 0 saturated heterocycles. The van der Waals surface area contributed by atoms with Crippen LogP contribution in [0.4, 0.5) is 5.69 Å². The molecule has 1 heterocycles. The number of H-pyrrole nitrogens is 1. The van der Waals surface area contributed by atoms with Crippen LogP contribution < -0.4 is 10.6 Å². The lowest BCUT2D eigenvalue weighted by Gasteiger charge is -2.22. The van der Waals surface area contributed by atoms with Gasteiger partial charge in [0.25, 0.3) is 0 Å². The minimum absolute atomic E-state index is 0.368. The fourth-order valence-electron chi connectivity index (χ4n) is 2.25. The zero-order valence-corrected chi connectivity index (χ0v) is 12.3. The van der Waals surface area contributed by atoms with Gasteiger partial charge in [0.2, 0.25) is 5.82 Å². The Morgan fingerprint density at radius 3 is 2.52 bits per heavy atom. The van der Waals surface area contributed by atoms with E-state index in [1.165, 1.54) is 0 Å². The predicted octanol–water partition coefficient (Wildman–Crippen LogP) is 1.41. The quantitative estimate of drug-likeness (QED) is 0.869. The van der Waals surface area contributed by atoms with Gasteiger partial charge in [0.15, 0.2) is 0 Å². The van der Waals surface area contributed by atoms with Crippen LogP contribution in [0.25, 0.3) is 5.69 Å². The van der Waals surface area contributed by atoms with Crippen LogP contribution in [0.5, 0.6) is 0 Å². The molecule has 0 fully saturated rings. The van der Waals surface area contributed by atoms with E-state index in [1.807, 2.05) is 19.1 Å². The largest absolute Gasteiger partial charge is 0.475 e. The molecular formula is C14H18N4O3. The van der Waals surface area contributed by atoms with Crippen LogP contribution in [0.2, 0.25) is 0 Å². The molecule has 0 amide bonds. The summed E-state index contributed by atoms with van der Waals surface area (Å²) in [6.07, 6.45) is 0. The Bertz CT molecular complexity index is 713. The van der Waals surface area contributed by atoms with E-state index in [-0.39, 0.29) is 5.82 Å². The molecule has 0 saturated carbocycles. The number of aromatic nitrogens is 3. The number of nitrogens with one attached hydrogen (secondary N) is 1. The van der Waals surface area contributed by atoms with Crippen LogP contribution in [0.15, 0.2) is 23.0 Å². The van der Waals surface area contributed by atoms with Gasteiger partial charge in [0.05, 0.1) is 5.69 Å². The third-order valence-electron chi connectivity index (χ3n) is 3.36. The average molecular weight is 290 g/mol. The lowest BCUT2D eigenvalue weighted by atomic mass is 10.1. The number of nitrogens with zero attached hydrogens (tertiary/aromatic N) is 3. The lowest BCUT2D eigenvalue weighted by Crippen LogP contribution is -2.22. The smallest absolute Gasteiger partial charge is 0.373 e. The standard InChI is InChI=1S/C14H18N4O3/c1-4-17(5-2)10-6-7-11(9(3)8-10)18-14(21)15-12(16-18)13(19)20/h6-8H,4-5H2,1-3H3,(H,19,20)(H,15,16,21). The van der Waals surface area contributed by atoms with E-state index in [0.29, 0.717) is 5.69 Å². The van der Waals surface area contributed by atoms with Crippen LogP contribution >= 0.6 is 0 Å². The molecule has 2 aromatic rings. The second-order valence-electron chi connectivity index (χ2n) is 4.64. The van der Waals surface area contributed by atoms with E-state index in [1.54, 1.807) is 6.07 Å². The highest BCUT2D eigenvalue weighted by Crippen LogP contribution is 2.20. The zero-order valence-electron chi connectivity index (χ0n) is 12.3. The van der Waals surface area contributed by atoms with Gasteiger partial charge in [-0.25, -0.2) is 9.59 Å². The van der Waals surface area contributed by atoms with Gasteiger partial charge >= 0.3 is 11.7 Å². The molecule has 0 aliphatic heterocycles. The van der Waals surface area contributed by atoms with Crippen LogP contribution in [0.3, 0.4) is 0 Å². The van der Waals surface area contributed by atoms with Gasteiger partial charge in [-0.2, -0.15) is 4.68 Å². The number of hydrogen-bond acceptors (Lipinski definition) is 4. The molecule has 0 unspecified atom stereocenters. The van der Waals surface area contributed by atoms with Crippen molar-refractivity contribution < 1.29 is 9.90 Å². The highest BCUT2D eigenvalue weighted by Gasteiger charge is 2.14. The van der Waals surface area contributed by atoms with E-state index in [4.69, 9.17) is 5.11 Å². The highest BCUT2D eigenvalue weighted by molar-refractivity contribution is 5.82. The van der Waals surface area contributed by atoms with Gasteiger partial charge in [0, 0.05) is 18.8 Å². The maximum Gasteiger partial charge on any atom is 0.373 e. The van der Waals surface area contributed by atoms with E-state index < -0.39 is 11.7 Å². The second-order valence-corrected chi connectivity index (χ2v) is 4.64. The summed E-state index contributed by atoms with van der Waals surface area (Å²) in [6, 6.07) is 5.64. The normalized spacial score (nSPS) is 10.6. The van der Waals surface area contributed by atoms with Crippen LogP contribution in [-0.2, 0) is 0 Å². The Kier molecular flexibility index (Phi) is 4.11. The molecule has 0 bridgehead atoms. The topological polar surface area (TPSA) is 91.2 Å². The number of aromatic carboxylic acids is 1. The summed E-state index contributed by atoms with van der Waals surface area (Å²) in [4.78, 5) is 27.1. The summed E-state index contributed by atoms with van der Waals surface area (Å²) in [5, 5.41) is 12.7. The summed E-state index contributed by atoms with van der Waals surface area (Å²) in [7, 11) is 0. The Hall–Kier alpha value is -2.57. The Morgan fingerprint density at radius 2 is 2.05 bits per heavy atom. The second kappa shape index (κ2) is 5.82. The molecule has 1 aromatic heterocycles. The third kappa shape index (κ3) is 2.81. The molecule has 7 nitrogen and oxygen atoms in total. The van der Waals surface area contributed by atoms with Crippen molar-refractivity contribution in [2.75, 3.05) is 18.0 Å². The highest BCUT2D eigenvalue weighted by atomic mass is 16.4. The Balaban J connectivity index is 2.46. The molecule has 2 rings (SSSR count). The number of benzene rings is 1.